The Bertz CT molecular complexity index is 607. The molecular weight excluding hydrogens is 321 g/mol. The van der Waals surface area contributed by atoms with Crippen LogP contribution in [0.25, 0.3) is 0 Å². The van der Waals surface area contributed by atoms with Crippen LogP contribution < -0.4 is 10.2 Å². The number of benzene rings is 1. The van der Waals surface area contributed by atoms with E-state index in [0.717, 1.165) is 12.1 Å². The van der Waals surface area contributed by atoms with Crippen molar-refractivity contribution in [3.05, 3.63) is 29.3 Å². The summed E-state index contributed by atoms with van der Waals surface area (Å²) >= 11 is 5.17. The average Bonchev–Trinajstić information content (AvgIpc) is 2.44. The Balaban J connectivity index is 2.32. The van der Waals surface area contributed by atoms with Crippen molar-refractivity contribution in [2.24, 2.45) is 0 Å². The molecule has 1 aliphatic rings. The van der Waals surface area contributed by atoms with Gasteiger partial charge in [0.15, 0.2) is 0 Å². The lowest BCUT2D eigenvalue weighted by Gasteiger charge is -2.41. The predicted molar refractivity (Wildman–Crippen MR) is 74.7 cm³/mol. The molecule has 1 fully saturated rings. The number of carbonyl (C=O) groups excluding carboxylic acids is 1. The van der Waals surface area contributed by atoms with Gasteiger partial charge in [-0.25, -0.2) is 5.48 Å². The number of hydrogen-bond donors (Lipinski definition) is 2. The van der Waals surface area contributed by atoms with Gasteiger partial charge in [0.2, 0.25) is 0 Å². The van der Waals surface area contributed by atoms with Gasteiger partial charge in [0, 0.05) is 12.1 Å². The molecule has 1 heterocycles. The molecule has 1 saturated heterocycles. The number of ether oxygens (including phenoxy) is 1. The number of likely N-dealkylation sites (tertiary alicyclic amines) is 1. The number of halogens is 3. The van der Waals surface area contributed by atoms with E-state index in [0.29, 0.717) is 13.0 Å². The van der Waals surface area contributed by atoms with Gasteiger partial charge in [-0.2, -0.15) is 13.2 Å². The number of hydroxylamine groups is 1. The summed E-state index contributed by atoms with van der Waals surface area (Å²) in [6, 6.07) is 2.49. The van der Waals surface area contributed by atoms with E-state index < -0.39 is 23.7 Å². The maximum atomic E-state index is 12.9. The number of hydrogen-bond acceptors (Lipinski definition) is 4. The van der Waals surface area contributed by atoms with Crippen molar-refractivity contribution in [1.82, 2.24) is 10.4 Å². The number of methoxy groups -OCH3 is 1. The van der Waals surface area contributed by atoms with Gasteiger partial charge in [-0.05, 0) is 24.6 Å². The van der Waals surface area contributed by atoms with E-state index >= 15 is 0 Å². The second-order valence-corrected chi connectivity index (χ2v) is 5.11. The minimum absolute atomic E-state index is 0.0239. The van der Waals surface area contributed by atoms with E-state index in [1.807, 2.05) is 0 Å². The van der Waals surface area contributed by atoms with Crippen LogP contribution in [0.3, 0.4) is 0 Å². The summed E-state index contributed by atoms with van der Waals surface area (Å²) in [5, 5.41) is 8.64. The van der Waals surface area contributed by atoms with E-state index in [-0.39, 0.29) is 16.3 Å². The van der Waals surface area contributed by atoms with Crippen molar-refractivity contribution < 1.29 is 27.9 Å². The summed E-state index contributed by atoms with van der Waals surface area (Å²) in [7, 11) is 1.26. The first kappa shape index (κ1) is 16.5. The van der Waals surface area contributed by atoms with Gasteiger partial charge in [-0.3, -0.25) is 10.0 Å². The summed E-state index contributed by atoms with van der Waals surface area (Å²) in [5.74, 6) is -0.622. The number of nitrogens with zero attached hydrogens (tertiary/aromatic N) is 1. The zero-order valence-corrected chi connectivity index (χ0v) is 12.3. The van der Waals surface area contributed by atoms with Crippen LogP contribution >= 0.6 is 12.2 Å². The molecule has 1 aliphatic heterocycles. The molecule has 5 nitrogen and oxygen atoms in total. The van der Waals surface area contributed by atoms with Crippen molar-refractivity contribution in [3.63, 3.8) is 0 Å². The maximum Gasteiger partial charge on any atom is 0.416 e. The third-order valence-electron chi connectivity index (χ3n) is 3.41. The predicted octanol–water partition coefficient (Wildman–Crippen LogP) is 1.97. The minimum atomic E-state index is -4.53. The highest BCUT2D eigenvalue weighted by atomic mass is 32.1. The lowest BCUT2D eigenvalue weighted by atomic mass is 10.00. The standard InChI is InChI=1S/C13H13F3N2O3S/c1-21-9-5-7(4-8(6-9)13(14,15)16)12(22)18-3-2-10(18)11(19)17-20/h4-6,10,20H,2-3H2,1H3,(H,17,19)/t10-/m1/s1. The van der Waals surface area contributed by atoms with Gasteiger partial charge >= 0.3 is 6.18 Å². The Labute approximate surface area is 129 Å². The Morgan fingerprint density at radius 3 is 2.59 bits per heavy atom. The van der Waals surface area contributed by atoms with Gasteiger partial charge in [0.25, 0.3) is 5.91 Å². The summed E-state index contributed by atoms with van der Waals surface area (Å²) in [6.45, 7) is 0.426. The van der Waals surface area contributed by atoms with Gasteiger partial charge < -0.3 is 9.64 Å². The Morgan fingerprint density at radius 1 is 1.45 bits per heavy atom. The fourth-order valence-corrected chi connectivity index (χ4v) is 2.48. The normalized spacial score (nSPS) is 17.7. The Kier molecular flexibility index (Phi) is 4.57. The van der Waals surface area contributed by atoms with E-state index in [4.69, 9.17) is 22.2 Å². The number of rotatable bonds is 3. The van der Waals surface area contributed by atoms with E-state index in [9.17, 15) is 18.0 Å². The summed E-state index contributed by atoms with van der Waals surface area (Å²) < 4.78 is 43.6. The SMILES string of the molecule is COc1cc(C(=S)N2CC[C@@H]2C(=O)NO)cc(C(F)(F)F)c1. The molecule has 0 bridgehead atoms. The third kappa shape index (κ3) is 3.14. The molecule has 2 rings (SSSR count). The molecule has 0 radical (unpaired) electrons. The molecule has 2 N–H and O–H groups in total. The Morgan fingerprint density at radius 2 is 2.14 bits per heavy atom. The maximum absolute atomic E-state index is 12.9. The van der Waals surface area contributed by atoms with Crippen molar-refractivity contribution in [2.45, 2.75) is 18.6 Å². The van der Waals surface area contributed by atoms with Gasteiger partial charge in [0.1, 0.15) is 16.8 Å². The number of alkyl halides is 3. The van der Waals surface area contributed by atoms with Crippen LogP contribution in [0.5, 0.6) is 5.75 Å². The molecule has 0 aliphatic carbocycles. The monoisotopic (exact) mass is 334 g/mol. The molecule has 0 saturated carbocycles. The molecule has 120 valence electrons. The second kappa shape index (κ2) is 6.09. The van der Waals surface area contributed by atoms with Crippen LogP contribution in [-0.2, 0) is 11.0 Å². The lowest BCUT2D eigenvalue weighted by Crippen LogP contribution is -2.57. The number of carbonyl (C=O) groups is 1. The van der Waals surface area contributed by atoms with Crippen LogP contribution in [0.15, 0.2) is 18.2 Å². The first-order valence-electron chi connectivity index (χ1n) is 6.29. The molecular formula is C13H13F3N2O3S. The van der Waals surface area contributed by atoms with Gasteiger partial charge in [0.05, 0.1) is 12.7 Å². The van der Waals surface area contributed by atoms with Crippen molar-refractivity contribution in [2.75, 3.05) is 13.7 Å². The van der Waals surface area contributed by atoms with Crippen LogP contribution in [0.4, 0.5) is 13.2 Å². The van der Waals surface area contributed by atoms with Gasteiger partial charge in [-0.1, -0.05) is 12.2 Å². The van der Waals surface area contributed by atoms with E-state index in [2.05, 4.69) is 0 Å². The molecule has 0 aromatic heterocycles. The number of nitrogens with one attached hydrogen (secondary N) is 1. The van der Waals surface area contributed by atoms with E-state index in [1.165, 1.54) is 23.6 Å². The summed E-state index contributed by atoms with van der Waals surface area (Å²) in [6.07, 6.45) is -4.07. The summed E-state index contributed by atoms with van der Waals surface area (Å²) in [5.41, 5.74) is 0.771. The van der Waals surface area contributed by atoms with Crippen LogP contribution in [0.1, 0.15) is 17.5 Å². The zero-order chi connectivity index (χ0) is 16.5. The Hall–Kier alpha value is -1.87. The second-order valence-electron chi connectivity index (χ2n) is 4.73. The fraction of sp³-hybridized carbons (Fsp3) is 0.385. The largest absolute Gasteiger partial charge is 0.497 e. The minimum Gasteiger partial charge on any atom is -0.497 e. The van der Waals surface area contributed by atoms with Crippen LogP contribution in [0, 0.1) is 0 Å². The van der Waals surface area contributed by atoms with Crippen molar-refractivity contribution >= 4 is 23.1 Å². The number of amides is 1. The third-order valence-corrected chi connectivity index (χ3v) is 3.88. The van der Waals surface area contributed by atoms with Gasteiger partial charge in [-0.15, -0.1) is 0 Å². The molecule has 1 aromatic rings. The average molecular weight is 334 g/mol. The molecule has 0 spiro atoms. The van der Waals surface area contributed by atoms with Crippen molar-refractivity contribution in [1.29, 1.82) is 0 Å². The number of thiocarbonyl (C=S) groups is 1. The first-order valence-corrected chi connectivity index (χ1v) is 6.70. The zero-order valence-electron chi connectivity index (χ0n) is 11.5. The topological polar surface area (TPSA) is 61.8 Å². The first-order chi connectivity index (χ1) is 10.3. The summed E-state index contributed by atoms with van der Waals surface area (Å²) in [4.78, 5) is 13.0. The van der Waals surface area contributed by atoms with Crippen molar-refractivity contribution in [3.8, 4) is 5.75 Å². The fourth-order valence-electron chi connectivity index (χ4n) is 2.15. The highest BCUT2D eigenvalue weighted by Gasteiger charge is 2.37. The van der Waals surface area contributed by atoms with Crippen LogP contribution in [0.2, 0.25) is 0 Å². The quantitative estimate of drug-likeness (QED) is 0.503. The smallest absolute Gasteiger partial charge is 0.416 e. The molecule has 9 heteroatoms. The molecule has 1 aromatic carbocycles. The molecule has 1 atom stereocenters. The molecule has 1 amide bonds. The van der Waals surface area contributed by atoms with E-state index in [1.54, 1.807) is 0 Å². The van der Waals surface area contributed by atoms with Crippen LogP contribution in [-0.4, -0.2) is 40.7 Å². The highest BCUT2D eigenvalue weighted by Crippen LogP contribution is 2.33. The lowest BCUT2D eigenvalue weighted by molar-refractivity contribution is -0.138. The molecule has 0 unspecified atom stereocenters. The highest BCUT2D eigenvalue weighted by molar-refractivity contribution is 7.80. The molecule has 22 heavy (non-hydrogen) atoms.